The third-order valence-electron chi connectivity index (χ3n) is 4.80. The summed E-state index contributed by atoms with van der Waals surface area (Å²) in [7, 11) is 0. The Bertz CT molecular complexity index is 1320. The molecule has 1 aromatic heterocycles. The van der Waals surface area contributed by atoms with E-state index in [0.29, 0.717) is 32.9 Å². The van der Waals surface area contributed by atoms with Crippen LogP contribution < -0.4 is 16.2 Å². The number of hydrogen-bond donors (Lipinski definition) is 2. The molecule has 0 saturated heterocycles. The van der Waals surface area contributed by atoms with Crippen LogP contribution in [-0.4, -0.2) is 10.9 Å². The molecule has 0 aliphatic rings. The van der Waals surface area contributed by atoms with Gasteiger partial charge in [0.05, 0.1) is 17.6 Å². The Morgan fingerprint density at radius 3 is 2.57 bits per heavy atom. The number of carbonyl (C=O) groups is 1. The molecule has 4 rings (SSSR count). The number of anilines is 2. The van der Waals surface area contributed by atoms with Crippen molar-refractivity contribution >= 4 is 39.8 Å². The first-order valence-corrected chi connectivity index (χ1v) is 9.54. The van der Waals surface area contributed by atoms with Gasteiger partial charge in [-0.05, 0) is 42.0 Å². The lowest BCUT2D eigenvalue weighted by Gasteiger charge is -2.24. The number of amides is 1. The Kier molecular flexibility index (Phi) is 5.25. The number of fused-ring (bicyclic) bond motifs is 1. The maximum atomic E-state index is 14.3. The van der Waals surface area contributed by atoms with Gasteiger partial charge >= 0.3 is 0 Å². The minimum absolute atomic E-state index is 0.0252. The van der Waals surface area contributed by atoms with Crippen LogP contribution in [0.1, 0.15) is 15.9 Å². The Hall–Kier alpha value is -3.64. The van der Waals surface area contributed by atoms with Gasteiger partial charge in [-0.15, -0.1) is 0 Å². The summed E-state index contributed by atoms with van der Waals surface area (Å²) in [5, 5.41) is 0.962. The second kappa shape index (κ2) is 8.00. The van der Waals surface area contributed by atoms with Crippen LogP contribution >= 0.6 is 11.6 Å². The molecule has 4 aromatic rings. The summed E-state index contributed by atoms with van der Waals surface area (Å²) in [4.78, 5) is 29.6. The molecule has 0 spiro atoms. The van der Waals surface area contributed by atoms with E-state index in [0.717, 1.165) is 0 Å². The molecule has 0 aliphatic carbocycles. The van der Waals surface area contributed by atoms with Gasteiger partial charge in [0.2, 0.25) is 5.56 Å². The Morgan fingerprint density at radius 1 is 1.03 bits per heavy atom. The average molecular weight is 422 g/mol. The second-order valence-corrected chi connectivity index (χ2v) is 7.22. The zero-order valence-electron chi connectivity index (χ0n) is 15.7. The summed E-state index contributed by atoms with van der Waals surface area (Å²) in [5.74, 6) is -0.903. The van der Waals surface area contributed by atoms with Crippen molar-refractivity contribution in [3.8, 4) is 0 Å². The summed E-state index contributed by atoms with van der Waals surface area (Å²) in [6, 6.07) is 19.4. The van der Waals surface area contributed by atoms with Crippen molar-refractivity contribution in [1.82, 2.24) is 4.98 Å². The first-order valence-electron chi connectivity index (χ1n) is 9.16. The smallest absolute Gasteiger partial charge is 0.260 e. The minimum Gasteiger partial charge on any atom is -0.398 e. The third kappa shape index (κ3) is 3.77. The molecule has 0 atom stereocenters. The second-order valence-electron chi connectivity index (χ2n) is 6.78. The number of hydrogen-bond acceptors (Lipinski definition) is 3. The number of nitrogens with zero attached hydrogens (tertiary/aromatic N) is 1. The molecule has 0 radical (unpaired) electrons. The molecule has 0 aliphatic heterocycles. The maximum absolute atomic E-state index is 14.3. The van der Waals surface area contributed by atoms with Crippen molar-refractivity contribution in [3.63, 3.8) is 0 Å². The van der Waals surface area contributed by atoms with Gasteiger partial charge in [-0.2, -0.15) is 0 Å². The third-order valence-corrected chi connectivity index (χ3v) is 5.03. The monoisotopic (exact) mass is 421 g/mol. The van der Waals surface area contributed by atoms with E-state index in [2.05, 4.69) is 4.98 Å². The summed E-state index contributed by atoms with van der Waals surface area (Å²) < 4.78 is 14.3. The number of H-pyrrole nitrogens is 1. The summed E-state index contributed by atoms with van der Waals surface area (Å²) in [6.45, 7) is 0.0252. The van der Waals surface area contributed by atoms with Gasteiger partial charge in [-0.1, -0.05) is 41.9 Å². The molecule has 30 heavy (non-hydrogen) atoms. The molecule has 0 fully saturated rings. The van der Waals surface area contributed by atoms with E-state index in [-0.39, 0.29) is 18.0 Å². The van der Waals surface area contributed by atoms with Gasteiger partial charge in [-0.25, -0.2) is 4.39 Å². The molecule has 3 aromatic carbocycles. The number of aromatic amines is 1. The first-order chi connectivity index (χ1) is 14.4. The van der Waals surface area contributed by atoms with Crippen molar-refractivity contribution in [2.24, 2.45) is 0 Å². The molecule has 0 bridgehead atoms. The predicted molar refractivity (Wildman–Crippen MR) is 117 cm³/mol. The summed E-state index contributed by atoms with van der Waals surface area (Å²) >= 11 is 6.15. The summed E-state index contributed by atoms with van der Waals surface area (Å²) in [6.07, 6.45) is 0. The van der Waals surface area contributed by atoms with Gasteiger partial charge in [0, 0.05) is 27.8 Å². The highest BCUT2D eigenvalue weighted by molar-refractivity contribution is 6.31. The number of rotatable bonds is 4. The number of halogens is 2. The van der Waals surface area contributed by atoms with Crippen molar-refractivity contribution in [2.75, 3.05) is 10.6 Å². The standard InChI is InChI=1S/C23H17ClFN3O2/c24-15-5-3-6-16(12-15)28(23(30)18-7-1-2-10-20(18)26)13-14-11-21(29)27-22-17(14)8-4-9-19(22)25/h1-12H,13,26H2,(H,27,29). The van der Waals surface area contributed by atoms with Crippen molar-refractivity contribution in [3.05, 3.63) is 105 Å². The predicted octanol–water partition coefficient (Wildman–Crippen LogP) is 4.75. The molecule has 1 amide bonds. The fourth-order valence-electron chi connectivity index (χ4n) is 3.38. The Labute approximate surface area is 176 Å². The topological polar surface area (TPSA) is 79.2 Å². The van der Waals surface area contributed by atoms with Gasteiger partial charge < -0.3 is 15.6 Å². The molecule has 1 heterocycles. The van der Waals surface area contributed by atoms with Crippen LogP contribution in [0.15, 0.2) is 77.6 Å². The lowest BCUT2D eigenvalue weighted by molar-refractivity contribution is 0.0986. The van der Waals surface area contributed by atoms with Gasteiger partial charge in [-0.3, -0.25) is 9.59 Å². The number of nitrogens with one attached hydrogen (secondary N) is 1. The zero-order chi connectivity index (χ0) is 21.3. The molecule has 0 unspecified atom stereocenters. The fraction of sp³-hybridized carbons (Fsp3) is 0.0435. The van der Waals surface area contributed by atoms with E-state index in [9.17, 15) is 14.0 Å². The maximum Gasteiger partial charge on any atom is 0.260 e. The number of pyridine rings is 1. The van der Waals surface area contributed by atoms with Crippen molar-refractivity contribution in [2.45, 2.75) is 6.54 Å². The van der Waals surface area contributed by atoms with Crippen LogP contribution in [0.25, 0.3) is 10.9 Å². The van der Waals surface area contributed by atoms with Gasteiger partial charge in [0.15, 0.2) is 0 Å². The first kappa shape index (κ1) is 19.7. The van der Waals surface area contributed by atoms with Crippen LogP contribution in [-0.2, 0) is 6.54 Å². The molecule has 7 heteroatoms. The van der Waals surface area contributed by atoms with E-state index >= 15 is 0 Å². The number of carbonyl (C=O) groups excluding carboxylic acids is 1. The Morgan fingerprint density at radius 2 is 1.80 bits per heavy atom. The molecular weight excluding hydrogens is 405 g/mol. The SMILES string of the molecule is Nc1ccccc1C(=O)N(Cc1cc(=O)[nH]c2c(F)cccc12)c1cccc(Cl)c1. The fourth-order valence-corrected chi connectivity index (χ4v) is 3.56. The van der Waals surface area contributed by atoms with Crippen molar-refractivity contribution in [1.29, 1.82) is 0 Å². The lowest BCUT2D eigenvalue weighted by Crippen LogP contribution is -2.31. The highest BCUT2D eigenvalue weighted by Gasteiger charge is 2.22. The summed E-state index contributed by atoms with van der Waals surface area (Å²) in [5.41, 5.74) is 7.33. The van der Waals surface area contributed by atoms with Crippen LogP contribution in [0.5, 0.6) is 0 Å². The van der Waals surface area contributed by atoms with Crippen LogP contribution in [0.2, 0.25) is 5.02 Å². The lowest BCUT2D eigenvalue weighted by atomic mass is 10.1. The molecule has 5 nitrogen and oxygen atoms in total. The number of para-hydroxylation sites is 2. The van der Waals surface area contributed by atoms with Crippen LogP contribution in [0.4, 0.5) is 15.8 Å². The number of benzene rings is 3. The highest BCUT2D eigenvalue weighted by atomic mass is 35.5. The van der Waals surface area contributed by atoms with E-state index in [1.807, 2.05) is 0 Å². The molecular formula is C23H17ClFN3O2. The molecule has 3 N–H and O–H groups in total. The zero-order valence-corrected chi connectivity index (χ0v) is 16.5. The van der Waals surface area contributed by atoms with E-state index < -0.39 is 11.4 Å². The minimum atomic E-state index is -0.542. The number of nitrogen functional groups attached to an aromatic ring is 1. The van der Waals surface area contributed by atoms with Gasteiger partial charge in [0.1, 0.15) is 5.82 Å². The van der Waals surface area contributed by atoms with E-state index in [4.69, 9.17) is 17.3 Å². The quantitative estimate of drug-likeness (QED) is 0.467. The highest BCUT2D eigenvalue weighted by Crippen LogP contribution is 2.27. The van der Waals surface area contributed by atoms with E-state index in [1.54, 1.807) is 60.7 Å². The Balaban J connectivity index is 1.87. The van der Waals surface area contributed by atoms with E-state index in [1.165, 1.54) is 17.0 Å². The van der Waals surface area contributed by atoms with Crippen molar-refractivity contribution < 1.29 is 9.18 Å². The molecule has 0 saturated carbocycles. The number of aromatic nitrogens is 1. The average Bonchev–Trinajstić information content (AvgIpc) is 2.72. The normalized spacial score (nSPS) is 10.9. The molecule has 150 valence electrons. The number of nitrogens with two attached hydrogens (primary N) is 1. The van der Waals surface area contributed by atoms with Crippen LogP contribution in [0, 0.1) is 5.82 Å². The largest absolute Gasteiger partial charge is 0.398 e. The van der Waals surface area contributed by atoms with Crippen LogP contribution in [0.3, 0.4) is 0 Å². The van der Waals surface area contributed by atoms with Gasteiger partial charge in [0.25, 0.3) is 5.91 Å².